The summed E-state index contributed by atoms with van der Waals surface area (Å²) >= 11 is 0. The van der Waals surface area contributed by atoms with Gasteiger partial charge in [0.2, 0.25) is 0 Å². The van der Waals surface area contributed by atoms with Gasteiger partial charge in [0.15, 0.2) is 0 Å². The Morgan fingerprint density at radius 2 is 1.90 bits per heavy atom. The molecule has 0 radical (unpaired) electrons. The van der Waals surface area contributed by atoms with Crippen LogP contribution in [-0.4, -0.2) is 15.8 Å². The van der Waals surface area contributed by atoms with Crippen LogP contribution in [0.3, 0.4) is 0 Å². The van der Waals surface area contributed by atoms with Gasteiger partial charge in [-0.05, 0) is 58.3 Å². The first-order chi connectivity index (χ1) is 9.19. The van der Waals surface area contributed by atoms with Crippen molar-refractivity contribution in [2.45, 2.75) is 79.8 Å². The third-order valence-corrected chi connectivity index (χ3v) is 4.55. The highest BCUT2D eigenvalue weighted by Crippen LogP contribution is 2.40. The number of aromatic nitrogens is 2. The zero-order chi connectivity index (χ0) is 15.1. The standard InChI is InChI=1S/C17H31N3/c1-11(2)20-14(5)16(13(4)19-20)18-15-8-12(3)9-17(6,7)10-15/h11-12,15,18H,8-10H2,1-7H3. The van der Waals surface area contributed by atoms with E-state index < -0.39 is 0 Å². The Hall–Kier alpha value is -0.990. The van der Waals surface area contributed by atoms with Crippen molar-refractivity contribution in [1.29, 1.82) is 0 Å². The van der Waals surface area contributed by atoms with Crippen LogP contribution in [0.25, 0.3) is 0 Å². The lowest BCUT2D eigenvalue weighted by atomic mass is 9.70. The van der Waals surface area contributed by atoms with Crippen molar-refractivity contribution < 1.29 is 0 Å². The number of aryl methyl sites for hydroxylation is 1. The summed E-state index contributed by atoms with van der Waals surface area (Å²) in [5, 5.41) is 8.48. The van der Waals surface area contributed by atoms with E-state index in [1.165, 1.54) is 30.6 Å². The number of nitrogens with zero attached hydrogens (tertiary/aromatic N) is 2. The topological polar surface area (TPSA) is 29.9 Å². The molecule has 2 unspecified atom stereocenters. The van der Waals surface area contributed by atoms with Gasteiger partial charge in [0, 0.05) is 12.1 Å². The zero-order valence-corrected chi connectivity index (χ0v) is 14.2. The second kappa shape index (κ2) is 5.42. The summed E-state index contributed by atoms with van der Waals surface area (Å²) in [6, 6.07) is 1.00. The van der Waals surface area contributed by atoms with Gasteiger partial charge in [-0.15, -0.1) is 0 Å². The summed E-state index contributed by atoms with van der Waals surface area (Å²) in [4.78, 5) is 0. The first-order valence-corrected chi connectivity index (χ1v) is 8.02. The van der Waals surface area contributed by atoms with E-state index in [1.54, 1.807) is 0 Å². The molecule has 0 saturated heterocycles. The molecule has 1 aromatic heterocycles. The second-order valence-electron chi connectivity index (χ2n) is 7.84. The summed E-state index contributed by atoms with van der Waals surface area (Å²) in [5.41, 5.74) is 4.11. The van der Waals surface area contributed by atoms with E-state index in [2.05, 4.69) is 63.6 Å². The molecule has 2 atom stereocenters. The van der Waals surface area contributed by atoms with Gasteiger partial charge in [0.1, 0.15) is 0 Å². The van der Waals surface area contributed by atoms with Gasteiger partial charge in [0.05, 0.1) is 17.1 Å². The van der Waals surface area contributed by atoms with Crippen molar-refractivity contribution in [3.05, 3.63) is 11.4 Å². The van der Waals surface area contributed by atoms with Crippen molar-refractivity contribution in [1.82, 2.24) is 9.78 Å². The van der Waals surface area contributed by atoms with Crippen LogP contribution in [0.4, 0.5) is 5.69 Å². The Morgan fingerprint density at radius 3 is 2.40 bits per heavy atom. The molecule has 1 aliphatic carbocycles. The van der Waals surface area contributed by atoms with Crippen LogP contribution in [0.15, 0.2) is 0 Å². The van der Waals surface area contributed by atoms with E-state index in [0.29, 0.717) is 17.5 Å². The van der Waals surface area contributed by atoms with Crippen LogP contribution in [0.5, 0.6) is 0 Å². The maximum Gasteiger partial charge on any atom is 0.0828 e. The van der Waals surface area contributed by atoms with E-state index in [-0.39, 0.29) is 0 Å². The molecule has 1 fully saturated rings. The molecule has 2 rings (SSSR count). The van der Waals surface area contributed by atoms with Gasteiger partial charge in [-0.1, -0.05) is 20.8 Å². The largest absolute Gasteiger partial charge is 0.379 e. The third kappa shape index (κ3) is 3.18. The van der Waals surface area contributed by atoms with Gasteiger partial charge >= 0.3 is 0 Å². The lowest BCUT2D eigenvalue weighted by molar-refractivity contribution is 0.178. The summed E-state index contributed by atoms with van der Waals surface area (Å²) in [6.07, 6.45) is 3.87. The lowest BCUT2D eigenvalue weighted by Crippen LogP contribution is -2.35. The molecule has 3 heteroatoms. The smallest absolute Gasteiger partial charge is 0.0828 e. The molecule has 0 aromatic carbocycles. The fraction of sp³-hybridized carbons (Fsp3) is 0.824. The second-order valence-corrected chi connectivity index (χ2v) is 7.84. The van der Waals surface area contributed by atoms with Gasteiger partial charge in [-0.3, -0.25) is 4.68 Å². The van der Waals surface area contributed by atoms with Crippen LogP contribution in [0.2, 0.25) is 0 Å². The maximum absolute atomic E-state index is 4.68. The Balaban J connectivity index is 2.18. The van der Waals surface area contributed by atoms with Gasteiger partial charge in [-0.25, -0.2) is 0 Å². The fourth-order valence-corrected chi connectivity index (χ4v) is 4.03. The predicted octanol–water partition coefficient (Wildman–Crippen LogP) is 4.71. The highest BCUT2D eigenvalue weighted by Gasteiger charge is 2.32. The number of nitrogens with one attached hydrogen (secondary N) is 1. The molecule has 1 saturated carbocycles. The molecule has 1 aromatic rings. The first kappa shape index (κ1) is 15.4. The van der Waals surface area contributed by atoms with Crippen molar-refractivity contribution in [2.24, 2.45) is 11.3 Å². The van der Waals surface area contributed by atoms with Gasteiger partial charge in [0.25, 0.3) is 0 Å². The molecule has 0 bridgehead atoms. The average Bonchev–Trinajstić information content (AvgIpc) is 2.54. The number of rotatable bonds is 3. The van der Waals surface area contributed by atoms with Crippen LogP contribution < -0.4 is 5.32 Å². The van der Waals surface area contributed by atoms with Gasteiger partial charge < -0.3 is 5.32 Å². The molecule has 0 amide bonds. The van der Waals surface area contributed by atoms with Crippen LogP contribution >= 0.6 is 0 Å². The quantitative estimate of drug-likeness (QED) is 0.867. The Bertz CT molecular complexity index is 471. The lowest BCUT2D eigenvalue weighted by Gasteiger charge is -2.39. The molecule has 20 heavy (non-hydrogen) atoms. The van der Waals surface area contributed by atoms with E-state index in [4.69, 9.17) is 0 Å². The molecule has 0 aliphatic heterocycles. The molecule has 1 aliphatic rings. The maximum atomic E-state index is 4.68. The summed E-state index contributed by atoms with van der Waals surface area (Å²) in [7, 11) is 0. The van der Waals surface area contributed by atoms with Crippen LogP contribution in [-0.2, 0) is 0 Å². The van der Waals surface area contributed by atoms with Crippen LogP contribution in [0.1, 0.15) is 71.3 Å². The van der Waals surface area contributed by atoms with E-state index in [0.717, 1.165) is 11.6 Å². The Morgan fingerprint density at radius 1 is 1.25 bits per heavy atom. The molecule has 3 nitrogen and oxygen atoms in total. The highest BCUT2D eigenvalue weighted by molar-refractivity contribution is 5.53. The highest BCUT2D eigenvalue weighted by atomic mass is 15.3. The predicted molar refractivity (Wildman–Crippen MR) is 86.3 cm³/mol. The summed E-state index contributed by atoms with van der Waals surface area (Å²) < 4.78 is 2.13. The van der Waals surface area contributed by atoms with Crippen molar-refractivity contribution in [3.63, 3.8) is 0 Å². The Kier molecular flexibility index (Phi) is 4.17. The van der Waals surface area contributed by atoms with E-state index >= 15 is 0 Å². The van der Waals surface area contributed by atoms with E-state index in [1.807, 2.05) is 0 Å². The molecule has 1 heterocycles. The minimum absolute atomic E-state index is 0.422. The summed E-state index contributed by atoms with van der Waals surface area (Å²) in [5.74, 6) is 0.803. The normalized spacial score (nSPS) is 26.0. The molecule has 1 N–H and O–H groups in total. The first-order valence-electron chi connectivity index (χ1n) is 8.02. The molecular formula is C17H31N3. The van der Waals surface area contributed by atoms with E-state index in [9.17, 15) is 0 Å². The van der Waals surface area contributed by atoms with Crippen molar-refractivity contribution in [3.8, 4) is 0 Å². The molecule has 114 valence electrons. The number of hydrogen-bond acceptors (Lipinski definition) is 2. The number of hydrogen-bond donors (Lipinski definition) is 1. The van der Waals surface area contributed by atoms with Crippen molar-refractivity contribution in [2.75, 3.05) is 5.32 Å². The molecule has 0 spiro atoms. The van der Waals surface area contributed by atoms with Crippen LogP contribution in [0, 0.1) is 25.2 Å². The zero-order valence-electron chi connectivity index (χ0n) is 14.2. The fourth-order valence-electron chi connectivity index (χ4n) is 4.03. The minimum atomic E-state index is 0.422. The monoisotopic (exact) mass is 277 g/mol. The Labute approximate surface area is 124 Å². The average molecular weight is 277 g/mol. The minimum Gasteiger partial charge on any atom is -0.379 e. The molecular weight excluding hydrogens is 246 g/mol. The SMILES string of the molecule is Cc1nn(C(C)C)c(C)c1NC1CC(C)CC(C)(C)C1. The summed E-state index contributed by atoms with van der Waals surface area (Å²) in [6.45, 7) is 15.9. The number of anilines is 1. The third-order valence-electron chi connectivity index (χ3n) is 4.55. The van der Waals surface area contributed by atoms with Crippen molar-refractivity contribution >= 4 is 5.69 Å². The van der Waals surface area contributed by atoms with Gasteiger partial charge in [-0.2, -0.15) is 5.10 Å².